The third kappa shape index (κ3) is 2.87. The average Bonchev–Trinajstić information content (AvgIpc) is 2.46. The lowest BCUT2D eigenvalue weighted by molar-refractivity contribution is 0.0742. The minimum absolute atomic E-state index is 0.0278. The lowest BCUT2D eigenvalue weighted by Crippen LogP contribution is -2.30. The number of nitrogens with zero attached hydrogens (tertiary/aromatic N) is 1. The SMILES string of the molecule is Cc1ccccc1C(=O)N(C)C(C)c1ccc(F)cc1. The number of hydrogen-bond donors (Lipinski definition) is 0. The minimum atomic E-state index is -0.270. The van der Waals surface area contributed by atoms with Crippen molar-refractivity contribution in [2.75, 3.05) is 7.05 Å². The van der Waals surface area contributed by atoms with Gasteiger partial charge in [0.15, 0.2) is 0 Å². The molecule has 0 saturated carbocycles. The van der Waals surface area contributed by atoms with Crippen LogP contribution in [-0.4, -0.2) is 17.9 Å². The predicted molar refractivity (Wildman–Crippen MR) is 78.1 cm³/mol. The summed E-state index contributed by atoms with van der Waals surface area (Å²) in [6.45, 7) is 3.85. The van der Waals surface area contributed by atoms with Crippen LogP contribution in [0.5, 0.6) is 0 Å². The van der Waals surface area contributed by atoms with E-state index in [0.717, 1.165) is 11.1 Å². The summed E-state index contributed by atoms with van der Waals surface area (Å²) in [5.74, 6) is -0.297. The summed E-state index contributed by atoms with van der Waals surface area (Å²) in [5, 5.41) is 0. The zero-order chi connectivity index (χ0) is 14.7. The molecule has 0 bridgehead atoms. The molecule has 0 aromatic heterocycles. The summed E-state index contributed by atoms with van der Waals surface area (Å²) >= 11 is 0. The zero-order valence-electron chi connectivity index (χ0n) is 11.9. The van der Waals surface area contributed by atoms with E-state index in [0.29, 0.717) is 5.56 Å². The van der Waals surface area contributed by atoms with Crippen molar-refractivity contribution in [1.29, 1.82) is 0 Å². The lowest BCUT2D eigenvalue weighted by Gasteiger charge is -2.26. The molecule has 1 unspecified atom stereocenters. The Labute approximate surface area is 118 Å². The normalized spacial score (nSPS) is 12.0. The standard InChI is InChI=1S/C17H18FNO/c1-12-6-4-5-7-16(12)17(20)19(3)13(2)14-8-10-15(18)11-9-14/h4-11,13H,1-3H3. The Balaban J connectivity index is 2.22. The molecule has 2 aromatic carbocycles. The van der Waals surface area contributed by atoms with Crippen molar-refractivity contribution < 1.29 is 9.18 Å². The number of aryl methyl sites for hydroxylation is 1. The Kier molecular flexibility index (Phi) is 4.18. The van der Waals surface area contributed by atoms with Gasteiger partial charge >= 0.3 is 0 Å². The largest absolute Gasteiger partial charge is 0.335 e. The third-order valence-corrected chi connectivity index (χ3v) is 3.63. The molecule has 0 radical (unpaired) electrons. The van der Waals surface area contributed by atoms with Crippen molar-refractivity contribution in [2.45, 2.75) is 19.9 Å². The average molecular weight is 271 g/mol. The quantitative estimate of drug-likeness (QED) is 0.827. The molecule has 0 saturated heterocycles. The van der Waals surface area contributed by atoms with Gasteiger partial charge in [0, 0.05) is 12.6 Å². The van der Waals surface area contributed by atoms with Crippen LogP contribution in [0.25, 0.3) is 0 Å². The minimum Gasteiger partial charge on any atom is -0.335 e. The Bertz CT molecular complexity index is 607. The molecule has 1 atom stereocenters. The lowest BCUT2D eigenvalue weighted by atomic mass is 10.0. The number of carbonyl (C=O) groups is 1. The number of benzene rings is 2. The van der Waals surface area contributed by atoms with Gasteiger partial charge in [0.2, 0.25) is 0 Å². The topological polar surface area (TPSA) is 20.3 Å². The summed E-state index contributed by atoms with van der Waals surface area (Å²) in [7, 11) is 1.77. The second-order valence-electron chi connectivity index (χ2n) is 4.96. The fourth-order valence-corrected chi connectivity index (χ4v) is 2.14. The maximum Gasteiger partial charge on any atom is 0.254 e. The molecule has 3 heteroatoms. The van der Waals surface area contributed by atoms with Gasteiger partial charge in [-0.15, -0.1) is 0 Å². The van der Waals surface area contributed by atoms with Crippen LogP contribution in [0.4, 0.5) is 4.39 Å². The molecule has 0 fully saturated rings. The van der Waals surface area contributed by atoms with E-state index in [2.05, 4.69) is 0 Å². The molecule has 2 nitrogen and oxygen atoms in total. The van der Waals surface area contributed by atoms with Gasteiger partial charge in [0.25, 0.3) is 5.91 Å². The molecule has 2 aromatic rings. The first kappa shape index (κ1) is 14.3. The van der Waals surface area contributed by atoms with Gasteiger partial charge in [-0.3, -0.25) is 4.79 Å². The van der Waals surface area contributed by atoms with Crippen LogP contribution < -0.4 is 0 Å². The highest BCUT2D eigenvalue weighted by Gasteiger charge is 2.19. The fraction of sp³-hybridized carbons (Fsp3) is 0.235. The molecular weight excluding hydrogens is 253 g/mol. The monoisotopic (exact) mass is 271 g/mol. The van der Waals surface area contributed by atoms with Crippen LogP contribution >= 0.6 is 0 Å². The van der Waals surface area contributed by atoms with Crippen molar-refractivity contribution in [3.05, 3.63) is 71.0 Å². The summed E-state index contributed by atoms with van der Waals surface area (Å²) < 4.78 is 12.9. The Morgan fingerprint density at radius 3 is 2.30 bits per heavy atom. The predicted octanol–water partition coefficient (Wildman–Crippen LogP) is 3.97. The maximum absolute atomic E-state index is 12.9. The van der Waals surface area contributed by atoms with E-state index < -0.39 is 0 Å². The van der Waals surface area contributed by atoms with Crippen LogP contribution in [0.3, 0.4) is 0 Å². The van der Waals surface area contributed by atoms with Crippen molar-refractivity contribution in [1.82, 2.24) is 4.90 Å². The molecule has 0 aliphatic rings. The van der Waals surface area contributed by atoms with Crippen molar-refractivity contribution in [3.8, 4) is 0 Å². The first-order valence-corrected chi connectivity index (χ1v) is 6.59. The van der Waals surface area contributed by atoms with Gasteiger partial charge < -0.3 is 4.90 Å². The van der Waals surface area contributed by atoms with Crippen LogP contribution in [0.2, 0.25) is 0 Å². The summed E-state index contributed by atoms with van der Waals surface area (Å²) in [4.78, 5) is 14.2. The van der Waals surface area contributed by atoms with Gasteiger partial charge in [0.1, 0.15) is 5.82 Å². The van der Waals surface area contributed by atoms with E-state index in [1.54, 1.807) is 24.1 Å². The van der Waals surface area contributed by atoms with Gasteiger partial charge in [-0.1, -0.05) is 30.3 Å². The molecule has 2 rings (SSSR count). The summed E-state index contributed by atoms with van der Waals surface area (Å²) in [6.07, 6.45) is 0. The number of rotatable bonds is 3. The fourth-order valence-electron chi connectivity index (χ4n) is 2.14. The highest BCUT2D eigenvalue weighted by molar-refractivity contribution is 5.95. The molecule has 0 heterocycles. The van der Waals surface area contributed by atoms with E-state index in [1.807, 2.05) is 38.1 Å². The van der Waals surface area contributed by atoms with E-state index in [9.17, 15) is 9.18 Å². The summed E-state index contributed by atoms with van der Waals surface area (Å²) in [5.41, 5.74) is 2.57. The van der Waals surface area contributed by atoms with Crippen LogP contribution in [0, 0.1) is 12.7 Å². The molecule has 0 aliphatic heterocycles. The third-order valence-electron chi connectivity index (χ3n) is 3.63. The smallest absolute Gasteiger partial charge is 0.254 e. The van der Waals surface area contributed by atoms with Crippen molar-refractivity contribution >= 4 is 5.91 Å². The molecule has 104 valence electrons. The van der Waals surface area contributed by atoms with Gasteiger partial charge in [-0.05, 0) is 43.2 Å². The van der Waals surface area contributed by atoms with E-state index in [1.165, 1.54) is 12.1 Å². The Hall–Kier alpha value is -2.16. The van der Waals surface area contributed by atoms with Gasteiger partial charge in [-0.2, -0.15) is 0 Å². The van der Waals surface area contributed by atoms with Gasteiger partial charge in [0.05, 0.1) is 6.04 Å². The molecular formula is C17H18FNO. The molecule has 0 spiro atoms. The van der Waals surface area contributed by atoms with Crippen LogP contribution in [0.1, 0.15) is 34.5 Å². The summed E-state index contributed by atoms with van der Waals surface area (Å²) in [6, 6.07) is 13.7. The van der Waals surface area contributed by atoms with Gasteiger partial charge in [-0.25, -0.2) is 4.39 Å². The second kappa shape index (κ2) is 5.87. The number of amides is 1. The van der Waals surface area contributed by atoms with Crippen LogP contribution in [-0.2, 0) is 0 Å². The first-order valence-electron chi connectivity index (χ1n) is 6.59. The van der Waals surface area contributed by atoms with Crippen molar-refractivity contribution in [2.24, 2.45) is 0 Å². The number of carbonyl (C=O) groups excluding carboxylic acids is 1. The molecule has 0 aliphatic carbocycles. The van der Waals surface area contributed by atoms with E-state index in [-0.39, 0.29) is 17.8 Å². The Morgan fingerprint density at radius 1 is 1.10 bits per heavy atom. The number of hydrogen-bond acceptors (Lipinski definition) is 1. The maximum atomic E-state index is 12.9. The zero-order valence-corrected chi connectivity index (χ0v) is 11.9. The van der Waals surface area contributed by atoms with E-state index in [4.69, 9.17) is 0 Å². The Morgan fingerprint density at radius 2 is 1.70 bits per heavy atom. The molecule has 0 N–H and O–H groups in total. The van der Waals surface area contributed by atoms with Crippen LogP contribution in [0.15, 0.2) is 48.5 Å². The van der Waals surface area contributed by atoms with Crippen molar-refractivity contribution in [3.63, 3.8) is 0 Å². The molecule has 20 heavy (non-hydrogen) atoms. The van der Waals surface area contributed by atoms with E-state index >= 15 is 0 Å². The highest BCUT2D eigenvalue weighted by Crippen LogP contribution is 2.22. The highest BCUT2D eigenvalue weighted by atomic mass is 19.1. The first-order chi connectivity index (χ1) is 9.50. The number of halogens is 1. The molecule has 1 amide bonds. The second-order valence-corrected chi connectivity index (χ2v) is 4.96.